The van der Waals surface area contributed by atoms with Gasteiger partial charge in [-0.25, -0.2) is 4.98 Å². The Labute approximate surface area is 132 Å². The highest BCUT2D eigenvalue weighted by Gasteiger charge is 2.11. The van der Waals surface area contributed by atoms with Crippen LogP contribution in [-0.2, 0) is 0 Å². The van der Waals surface area contributed by atoms with E-state index in [1.807, 2.05) is 36.4 Å². The van der Waals surface area contributed by atoms with E-state index >= 15 is 0 Å². The van der Waals surface area contributed by atoms with Crippen LogP contribution in [0.4, 0.5) is 10.8 Å². The molecule has 22 heavy (non-hydrogen) atoms. The van der Waals surface area contributed by atoms with Crippen LogP contribution >= 0.6 is 11.3 Å². The van der Waals surface area contributed by atoms with Gasteiger partial charge in [0.05, 0.1) is 31.5 Å². The van der Waals surface area contributed by atoms with Crippen LogP contribution in [0.1, 0.15) is 0 Å². The van der Waals surface area contributed by atoms with E-state index in [-0.39, 0.29) is 0 Å². The molecular weight excluding hydrogens is 300 g/mol. The third-order valence-corrected chi connectivity index (χ3v) is 4.15. The third-order valence-electron chi connectivity index (χ3n) is 3.21. The number of aromatic nitrogens is 1. The van der Waals surface area contributed by atoms with Crippen molar-refractivity contribution in [3.8, 4) is 17.2 Å². The van der Waals surface area contributed by atoms with Crippen molar-refractivity contribution in [3.05, 3.63) is 36.4 Å². The maximum Gasteiger partial charge on any atom is 0.188 e. The van der Waals surface area contributed by atoms with Crippen LogP contribution < -0.4 is 19.5 Å². The number of hydrogen-bond donors (Lipinski definition) is 1. The molecule has 0 radical (unpaired) electrons. The van der Waals surface area contributed by atoms with Crippen molar-refractivity contribution in [2.75, 3.05) is 26.6 Å². The monoisotopic (exact) mass is 316 g/mol. The molecule has 3 rings (SSSR count). The molecule has 1 N–H and O–H groups in total. The van der Waals surface area contributed by atoms with Crippen molar-refractivity contribution < 1.29 is 14.2 Å². The molecule has 0 amide bonds. The summed E-state index contributed by atoms with van der Waals surface area (Å²) in [5.41, 5.74) is 1.80. The number of thiazole rings is 1. The minimum Gasteiger partial charge on any atom is -0.497 e. The van der Waals surface area contributed by atoms with Gasteiger partial charge in [0.15, 0.2) is 16.6 Å². The molecular formula is C16H16N2O3S. The van der Waals surface area contributed by atoms with Gasteiger partial charge in [0.25, 0.3) is 0 Å². The van der Waals surface area contributed by atoms with E-state index in [0.717, 1.165) is 26.8 Å². The number of rotatable bonds is 5. The van der Waals surface area contributed by atoms with E-state index in [2.05, 4.69) is 10.3 Å². The molecule has 0 unspecified atom stereocenters. The van der Waals surface area contributed by atoms with Crippen molar-refractivity contribution in [1.82, 2.24) is 4.98 Å². The number of anilines is 2. The number of hydrogen-bond acceptors (Lipinski definition) is 6. The lowest BCUT2D eigenvalue weighted by Crippen LogP contribution is -1.90. The lowest BCUT2D eigenvalue weighted by atomic mass is 10.3. The molecule has 0 aliphatic carbocycles. The van der Waals surface area contributed by atoms with Crippen molar-refractivity contribution in [1.29, 1.82) is 0 Å². The summed E-state index contributed by atoms with van der Waals surface area (Å²) in [6, 6.07) is 11.5. The minimum absolute atomic E-state index is 0.674. The van der Waals surface area contributed by atoms with Gasteiger partial charge in [-0.3, -0.25) is 0 Å². The van der Waals surface area contributed by atoms with Crippen LogP contribution in [0.3, 0.4) is 0 Å². The Balaban J connectivity index is 1.94. The molecule has 114 valence electrons. The van der Waals surface area contributed by atoms with Gasteiger partial charge in [-0.15, -0.1) is 0 Å². The molecule has 1 heterocycles. The molecule has 0 aliphatic rings. The summed E-state index contributed by atoms with van der Waals surface area (Å²) in [5.74, 6) is 2.18. The fourth-order valence-corrected chi connectivity index (χ4v) is 3.03. The SMILES string of the molecule is COc1cccc(Nc2nc3cc(OC)c(OC)cc3s2)c1. The first-order chi connectivity index (χ1) is 10.7. The average Bonchev–Trinajstić information content (AvgIpc) is 2.94. The summed E-state index contributed by atoms with van der Waals surface area (Å²) < 4.78 is 16.9. The second kappa shape index (κ2) is 6.11. The van der Waals surface area contributed by atoms with E-state index in [1.165, 1.54) is 0 Å². The van der Waals surface area contributed by atoms with E-state index in [4.69, 9.17) is 14.2 Å². The molecule has 0 atom stereocenters. The predicted molar refractivity (Wildman–Crippen MR) is 89.0 cm³/mol. The van der Waals surface area contributed by atoms with Crippen LogP contribution in [0.5, 0.6) is 17.2 Å². The maximum absolute atomic E-state index is 5.32. The second-order valence-electron chi connectivity index (χ2n) is 4.55. The van der Waals surface area contributed by atoms with Crippen LogP contribution in [-0.4, -0.2) is 26.3 Å². The third kappa shape index (κ3) is 2.78. The van der Waals surface area contributed by atoms with Crippen LogP contribution in [0.15, 0.2) is 36.4 Å². The lowest BCUT2D eigenvalue weighted by molar-refractivity contribution is 0.356. The van der Waals surface area contributed by atoms with Gasteiger partial charge in [-0.2, -0.15) is 0 Å². The van der Waals surface area contributed by atoms with E-state index in [9.17, 15) is 0 Å². The summed E-state index contributed by atoms with van der Waals surface area (Å²) in [4.78, 5) is 4.58. The molecule has 3 aromatic rings. The molecule has 0 aliphatic heterocycles. The molecule has 6 heteroatoms. The first-order valence-corrected chi connectivity index (χ1v) is 7.49. The van der Waals surface area contributed by atoms with Gasteiger partial charge >= 0.3 is 0 Å². The van der Waals surface area contributed by atoms with Crippen molar-refractivity contribution in [2.45, 2.75) is 0 Å². The highest BCUT2D eigenvalue weighted by atomic mass is 32.1. The Morgan fingerprint density at radius 2 is 1.73 bits per heavy atom. The van der Waals surface area contributed by atoms with E-state index < -0.39 is 0 Å². The minimum atomic E-state index is 0.674. The molecule has 0 saturated heterocycles. The number of methoxy groups -OCH3 is 3. The highest BCUT2D eigenvalue weighted by molar-refractivity contribution is 7.22. The molecule has 5 nitrogen and oxygen atoms in total. The largest absolute Gasteiger partial charge is 0.497 e. The van der Waals surface area contributed by atoms with Gasteiger partial charge in [0, 0.05) is 23.9 Å². The molecule has 0 fully saturated rings. The number of nitrogens with zero attached hydrogens (tertiary/aromatic N) is 1. The lowest BCUT2D eigenvalue weighted by Gasteiger charge is -2.05. The normalized spacial score (nSPS) is 10.5. The van der Waals surface area contributed by atoms with Crippen LogP contribution in [0.25, 0.3) is 10.2 Å². The Hall–Kier alpha value is -2.47. The highest BCUT2D eigenvalue weighted by Crippen LogP contribution is 2.37. The van der Waals surface area contributed by atoms with Gasteiger partial charge in [-0.05, 0) is 12.1 Å². The average molecular weight is 316 g/mol. The number of ether oxygens (including phenoxy) is 3. The summed E-state index contributed by atoms with van der Waals surface area (Å²) in [5, 5.41) is 4.09. The zero-order valence-corrected chi connectivity index (χ0v) is 13.4. The molecule has 1 aromatic heterocycles. The Bertz CT molecular complexity index is 760. The Morgan fingerprint density at radius 1 is 0.955 bits per heavy atom. The fraction of sp³-hybridized carbons (Fsp3) is 0.188. The zero-order chi connectivity index (χ0) is 15.5. The van der Waals surface area contributed by atoms with Gasteiger partial charge < -0.3 is 19.5 Å². The van der Waals surface area contributed by atoms with Gasteiger partial charge in [-0.1, -0.05) is 17.4 Å². The number of benzene rings is 2. The zero-order valence-electron chi connectivity index (χ0n) is 12.5. The Kier molecular flexibility index (Phi) is 4.02. The molecule has 0 spiro atoms. The summed E-state index contributed by atoms with van der Waals surface area (Å²) in [6.45, 7) is 0. The maximum atomic E-state index is 5.32. The fourth-order valence-electron chi connectivity index (χ4n) is 2.13. The van der Waals surface area contributed by atoms with E-state index in [1.54, 1.807) is 32.7 Å². The Morgan fingerprint density at radius 3 is 2.45 bits per heavy atom. The molecule has 0 saturated carbocycles. The smallest absolute Gasteiger partial charge is 0.188 e. The van der Waals surface area contributed by atoms with E-state index in [0.29, 0.717) is 11.5 Å². The van der Waals surface area contributed by atoms with Crippen LogP contribution in [0.2, 0.25) is 0 Å². The van der Waals surface area contributed by atoms with Gasteiger partial charge in [0.1, 0.15) is 5.75 Å². The summed E-state index contributed by atoms with van der Waals surface area (Å²) >= 11 is 1.56. The van der Waals surface area contributed by atoms with Crippen molar-refractivity contribution >= 4 is 32.4 Å². The second-order valence-corrected chi connectivity index (χ2v) is 5.58. The summed E-state index contributed by atoms with van der Waals surface area (Å²) in [6.07, 6.45) is 0. The molecule has 2 aromatic carbocycles. The summed E-state index contributed by atoms with van der Waals surface area (Å²) in [7, 11) is 4.89. The standard InChI is InChI=1S/C16H16N2O3S/c1-19-11-6-4-5-10(7-11)17-16-18-12-8-13(20-2)14(21-3)9-15(12)22-16/h4-9H,1-3H3,(H,17,18). The predicted octanol–water partition coefficient (Wildman–Crippen LogP) is 4.07. The van der Waals surface area contributed by atoms with Gasteiger partial charge in [0.2, 0.25) is 0 Å². The van der Waals surface area contributed by atoms with Crippen molar-refractivity contribution in [3.63, 3.8) is 0 Å². The van der Waals surface area contributed by atoms with Crippen molar-refractivity contribution in [2.24, 2.45) is 0 Å². The molecule has 0 bridgehead atoms. The topological polar surface area (TPSA) is 52.6 Å². The number of nitrogens with one attached hydrogen (secondary N) is 1. The first-order valence-electron chi connectivity index (χ1n) is 6.67. The van der Waals surface area contributed by atoms with Crippen LogP contribution in [0, 0.1) is 0 Å². The quantitative estimate of drug-likeness (QED) is 0.769. The first kappa shape index (κ1) is 14.5. The number of fused-ring (bicyclic) bond motifs is 1.